The van der Waals surface area contributed by atoms with Gasteiger partial charge in [0, 0.05) is 17.8 Å². The Kier molecular flexibility index (Phi) is 6.74. The molecule has 0 atom stereocenters. The zero-order valence-corrected chi connectivity index (χ0v) is 18.5. The minimum atomic E-state index is -3.87. The average Bonchev–Trinajstić information content (AvgIpc) is 2.72. The van der Waals surface area contributed by atoms with E-state index in [1.54, 1.807) is 50.2 Å². The molecule has 0 saturated heterocycles. The zero-order valence-electron chi connectivity index (χ0n) is 17.7. The topological polar surface area (TPSA) is 105 Å². The number of fused-ring (bicyclic) bond motifs is 1. The number of anilines is 2. The molecule has 8 nitrogen and oxygen atoms in total. The van der Waals surface area contributed by atoms with Crippen molar-refractivity contribution in [2.75, 3.05) is 23.4 Å². The lowest BCUT2D eigenvalue weighted by Gasteiger charge is -2.29. The number of amides is 1. The summed E-state index contributed by atoms with van der Waals surface area (Å²) in [4.78, 5) is 26.1. The maximum atomic E-state index is 12.7. The number of hydrogen-bond donors (Lipinski definition) is 1. The monoisotopic (exact) mass is 443 g/mol. The Morgan fingerprint density at radius 1 is 1.10 bits per heavy atom. The molecule has 0 saturated carbocycles. The number of carbonyl (C=O) groups is 2. The molecule has 0 radical (unpaired) electrons. The Balaban J connectivity index is 1.79. The molecule has 0 unspecified atom stereocenters. The van der Waals surface area contributed by atoms with E-state index in [2.05, 4.69) is 9.71 Å². The molecule has 9 heteroatoms. The number of amidine groups is 1. The molecule has 1 aliphatic heterocycles. The Morgan fingerprint density at radius 2 is 1.81 bits per heavy atom. The van der Waals surface area contributed by atoms with Crippen molar-refractivity contribution in [3.63, 3.8) is 0 Å². The van der Waals surface area contributed by atoms with Gasteiger partial charge in [-0.15, -0.1) is 4.40 Å². The van der Waals surface area contributed by atoms with Crippen LogP contribution in [-0.2, 0) is 26.0 Å². The van der Waals surface area contributed by atoms with Crippen LogP contribution in [0.4, 0.5) is 11.4 Å². The van der Waals surface area contributed by atoms with Gasteiger partial charge in [-0.3, -0.25) is 9.59 Å². The highest BCUT2D eigenvalue weighted by atomic mass is 32.2. The van der Waals surface area contributed by atoms with E-state index in [1.165, 1.54) is 6.07 Å². The molecule has 0 aliphatic carbocycles. The lowest BCUT2D eigenvalue weighted by atomic mass is 10.1. The molecule has 3 rings (SSSR count). The van der Waals surface area contributed by atoms with Crippen LogP contribution in [0.3, 0.4) is 0 Å². The number of benzene rings is 2. The van der Waals surface area contributed by atoms with Crippen molar-refractivity contribution >= 4 is 39.1 Å². The molecule has 2 aromatic rings. The van der Waals surface area contributed by atoms with Gasteiger partial charge in [-0.05, 0) is 56.2 Å². The second-order valence-electron chi connectivity index (χ2n) is 7.08. The maximum Gasteiger partial charge on any atom is 0.310 e. The summed E-state index contributed by atoms with van der Waals surface area (Å²) in [6.45, 7) is 6.35. The average molecular weight is 444 g/mol. The number of hydrogen-bond acceptors (Lipinski definition) is 6. The van der Waals surface area contributed by atoms with Gasteiger partial charge >= 0.3 is 5.97 Å². The van der Waals surface area contributed by atoms with Gasteiger partial charge < -0.3 is 15.0 Å². The summed E-state index contributed by atoms with van der Waals surface area (Å²) in [7, 11) is -3.87. The molecule has 0 spiro atoms. The highest BCUT2D eigenvalue weighted by Crippen LogP contribution is 2.32. The number of nitrogens with zero attached hydrogens (tertiary/aromatic N) is 2. The van der Waals surface area contributed by atoms with Gasteiger partial charge in [0.05, 0.1) is 18.7 Å². The largest absolute Gasteiger partial charge is 0.466 e. The summed E-state index contributed by atoms with van der Waals surface area (Å²) >= 11 is 0. The normalized spacial score (nSPS) is 14.4. The van der Waals surface area contributed by atoms with Gasteiger partial charge in [-0.1, -0.05) is 19.1 Å². The third kappa shape index (κ3) is 5.11. The molecule has 1 heterocycles. The lowest BCUT2D eigenvalue weighted by molar-refractivity contribution is -0.142. The number of rotatable bonds is 7. The van der Waals surface area contributed by atoms with Crippen LogP contribution in [0, 0.1) is 0 Å². The predicted molar refractivity (Wildman–Crippen MR) is 119 cm³/mol. The molecule has 1 aliphatic rings. The van der Waals surface area contributed by atoms with Crippen molar-refractivity contribution in [3.05, 3.63) is 53.6 Å². The van der Waals surface area contributed by atoms with Gasteiger partial charge in [0.1, 0.15) is 10.7 Å². The van der Waals surface area contributed by atoms with Crippen LogP contribution in [-0.4, -0.2) is 39.3 Å². The van der Waals surface area contributed by atoms with Crippen LogP contribution in [0.2, 0.25) is 0 Å². The van der Waals surface area contributed by atoms with E-state index in [1.807, 2.05) is 11.8 Å². The van der Waals surface area contributed by atoms with Crippen LogP contribution in [0.25, 0.3) is 0 Å². The smallest absolute Gasteiger partial charge is 0.310 e. The molecule has 0 aromatic heterocycles. The van der Waals surface area contributed by atoms with Crippen molar-refractivity contribution < 1.29 is 22.7 Å². The van der Waals surface area contributed by atoms with Crippen molar-refractivity contribution in [2.45, 2.75) is 38.5 Å². The van der Waals surface area contributed by atoms with Crippen molar-refractivity contribution in [2.24, 2.45) is 4.40 Å². The van der Waals surface area contributed by atoms with Crippen LogP contribution in [0.15, 0.2) is 51.8 Å². The molecule has 1 N–H and O–H groups in total. The SMILES string of the molecule is CCCN1C(C)=NS(=O)(=O)c2cc(C(=O)Nc3ccc(CC(=O)OCC)cc3)ccc21. The zero-order chi connectivity index (χ0) is 22.6. The first kappa shape index (κ1) is 22.5. The molecular weight excluding hydrogens is 418 g/mol. The van der Waals surface area contributed by atoms with Crippen molar-refractivity contribution in [1.29, 1.82) is 0 Å². The molecule has 2 aromatic carbocycles. The Labute approximate surface area is 182 Å². The summed E-state index contributed by atoms with van der Waals surface area (Å²) in [6, 6.07) is 11.4. The summed E-state index contributed by atoms with van der Waals surface area (Å²) in [6.07, 6.45) is 0.972. The minimum Gasteiger partial charge on any atom is -0.466 e. The van der Waals surface area contributed by atoms with E-state index in [4.69, 9.17) is 4.74 Å². The summed E-state index contributed by atoms with van der Waals surface area (Å²) in [5, 5.41) is 2.74. The minimum absolute atomic E-state index is 0.0176. The summed E-state index contributed by atoms with van der Waals surface area (Å²) < 4.78 is 33.9. The number of carbonyl (C=O) groups excluding carboxylic acids is 2. The van der Waals surface area contributed by atoms with E-state index < -0.39 is 15.9 Å². The first-order valence-corrected chi connectivity index (χ1v) is 11.5. The van der Waals surface area contributed by atoms with Gasteiger partial charge in [-0.25, -0.2) is 0 Å². The van der Waals surface area contributed by atoms with Gasteiger partial charge in [0.25, 0.3) is 15.9 Å². The Hall–Kier alpha value is -3.20. The van der Waals surface area contributed by atoms with Gasteiger partial charge in [-0.2, -0.15) is 8.42 Å². The van der Waals surface area contributed by atoms with E-state index in [-0.39, 0.29) is 22.8 Å². The number of nitrogens with one attached hydrogen (secondary N) is 1. The van der Waals surface area contributed by atoms with E-state index in [0.717, 1.165) is 12.0 Å². The highest BCUT2D eigenvalue weighted by molar-refractivity contribution is 7.90. The second-order valence-corrected chi connectivity index (χ2v) is 8.65. The van der Waals surface area contributed by atoms with E-state index in [0.29, 0.717) is 30.4 Å². The maximum absolute atomic E-state index is 12.7. The fraction of sp³-hybridized carbons (Fsp3) is 0.318. The fourth-order valence-electron chi connectivity index (χ4n) is 3.33. The third-order valence-corrected chi connectivity index (χ3v) is 6.13. The van der Waals surface area contributed by atoms with Crippen LogP contribution >= 0.6 is 0 Å². The number of ether oxygens (including phenoxy) is 1. The summed E-state index contributed by atoms with van der Waals surface area (Å²) in [5.41, 5.74) is 2.03. The third-order valence-electron chi connectivity index (χ3n) is 4.75. The van der Waals surface area contributed by atoms with Crippen molar-refractivity contribution in [3.8, 4) is 0 Å². The van der Waals surface area contributed by atoms with Crippen LogP contribution in [0.1, 0.15) is 43.1 Å². The number of sulfonamides is 1. The first-order valence-electron chi connectivity index (χ1n) is 10.0. The highest BCUT2D eigenvalue weighted by Gasteiger charge is 2.29. The molecule has 1 amide bonds. The fourth-order valence-corrected chi connectivity index (χ4v) is 4.59. The lowest BCUT2D eigenvalue weighted by Crippen LogP contribution is -2.34. The molecule has 0 fully saturated rings. The molecule has 164 valence electrons. The quantitative estimate of drug-likeness (QED) is 0.658. The van der Waals surface area contributed by atoms with E-state index in [9.17, 15) is 18.0 Å². The van der Waals surface area contributed by atoms with Crippen LogP contribution < -0.4 is 10.2 Å². The second kappa shape index (κ2) is 9.30. The van der Waals surface area contributed by atoms with Gasteiger partial charge in [0.15, 0.2) is 0 Å². The van der Waals surface area contributed by atoms with Crippen molar-refractivity contribution in [1.82, 2.24) is 0 Å². The molecular formula is C22H25N3O5S. The standard InChI is InChI=1S/C22H25N3O5S/c1-4-12-25-15(3)24-31(28,29)20-14-17(8-11-19(20)25)22(27)23-18-9-6-16(7-10-18)13-21(26)30-5-2/h6-11,14H,4-5,12-13H2,1-3H3,(H,23,27). The predicted octanol–water partition coefficient (Wildman–Crippen LogP) is 3.38. The summed E-state index contributed by atoms with van der Waals surface area (Å²) in [5.74, 6) is -0.344. The Bertz CT molecular complexity index is 1120. The number of esters is 1. The molecule has 0 bridgehead atoms. The molecule has 31 heavy (non-hydrogen) atoms. The van der Waals surface area contributed by atoms with E-state index >= 15 is 0 Å². The van der Waals surface area contributed by atoms with Gasteiger partial charge in [0.2, 0.25) is 0 Å². The van der Waals surface area contributed by atoms with Crippen LogP contribution in [0.5, 0.6) is 0 Å². The first-order chi connectivity index (χ1) is 14.7. The Morgan fingerprint density at radius 3 is 2.45 bits per heavy atom.